The molecule has 0 radical (unpaired) electrons. The number of piperidine rings is 1. The highest BCUT2D eigenvalue weighted by atomic mass is 16.5. The molecule has 0 aliphatic carbocycles. The van der Waals surface area contributed by atoms with Gasteiger partial charge in [-0.25, -0.2) is 4.79 Å². The zero-order valence-corrected chi connectivity index (χ0v) is 23.2. The molecule has 1 heterocycles. The van der Waals surface area contributed by atoms with E-state index >= 15 is 0 Å². The van der Waals surface area contributed by atoms with Crippen LogP contribution in [0.3, 0.4) is 0 Å². The SMILES string of the molecule is CCOC(=O)/C(C)=C/C(C(C)C)N(C)C(=O)C(NC(=O)C1CCCCN1C(C)(C)CC)C(C)C. The summed E-state index contributed by atoms with van der Waals surface area (Å²) in [7, 11) is 1.75. The second kappa shape index (κ2) is 13.3. The zero-order chi connectivity index (χ0) is 26.2. The summed E-state index contributed by atoms with van der Waals surface area (Å²) in [5.74, 6) is -0.578. The van der Waals surface area contributed by atoms with Crippen LogP contribution in [0.1, 0.15) is 88.0 Å². The number of carbonyl (C=O) groups excluding carboxylic acids is 3. The first-order valence-corrected chi connectivity index (χ1v) is 13.0. The Labute approximate surface area is 207 Å². The van der Waals surface area contributed by atoms with Crippen molar-refractivity contribution >= 4 is 17.8 Å². The van der Waals surface area contributed by atoms with E-state index in [2.05, 4.69) is 31.0 Å². The predicted molar refractivity (Wildman–Crippen MR) is 137 cm³/mol. The fraction of sp³-hybridized carbons (Fsp3) is 0.815. The molecule has 3 unspecified atom stereocenters. The van der Waals surface area contributed by atoms with E-state index < -0.39 is 6.04 Å². The van der Waals surface area contributed by atoms with Crippen molar-refractivity contribution in [3.8, 4) is 0 Å². The average molecular weight is 480 g/mol. The van der Waals surface area contributed by atoms with Gasteiger partial charge >= 0.3 is 5.97 Å². The van der Waals surface area contributed by atoms with Crippen LogP contribution >= 0.6 is 0 Å². The maximum atomic E-state index is 13.6. The fourth-order valence-electron chi connectivity index (χ4n) is 4.58. The van der Waals surface area contributed by atoms with E-state index in [0.717, 1.165) is 32.2 Å². The Morgan fingerprint density at radius 2 is 1.74 bits per heavy atom. The zero-order valence-electron chi connectivity index (χ0n) is 23.2. The van der Waals surface area contributed by atoms with E-state index in [1.807, 2.05) is 27.7 Å². The summed E-state index contributed by atoms with van der Waals surface area (Å²) >= 11 is 0. The highest BCUT2D eigenvalue weighted by molar-refractivity contribution is 5.91. The molecule has 1 rings (SSSR count). The molecule has 0 aromatic heterocycles. The molecule has 34 heavy (non-hydrogen) atoms. The minimum atomic E-state index is -0.636. The van der Waals surface area contributed by atoms with Gasteiger partial charge in [0.15, 0.2) is 0 Å². The molecule has 0 saturated carbocycles. The number of nitrogens with zero attached hydrogens (tertiary/aromatic N) is 2. The lowest BCUT2D eigenvalue weighted by Gasteiger charge is -2.45. The number of amides is 2. The van der Waals surface area contributed by atoms with Crippen molar-refractivity contribution in [3.05, 3.63) is 11.6 Å². The van der Waals surface area contributed by atoms with E-state index in [1.54, 1.807) is 31.9 Å². The van der Waals surface area contributed by atoms with Crippen LogP contribution in [0.15, 0.2) is 11.6 Å². The van der Waals surface area contributed by atoms with Crippen LogP contribution in [0, 0.1) is 11.8 Å². The largest absolute Gasteiger partial charge is 0.463 e. The summed E-state index contributed by atoms with van der Waals surface area (Å²) in [5.41, 5.74) is 0.402. The van der Waals surface area contributed by atoms with Crippen LogP contribution in [0.5, 0.6) is 0 Å². The quantitative estimate of drug-likeness (QED) is 0.356. The summed E-state index contributed by atoms with van der Waals surface area (Å²) < 4.78 is 5.10. The molecule has 0 aromatic carbocycles. The summed E-state index contributed by atoms with van der Waals surface area (Å²) in [4.78, 5) is 43.2. The highest BCUT2D eigenvalue weighted by Gasteiger charge is 2.39. The van der Waals surface area contributed by atoms with Crippen molar-refractivity contribution in [1.29, 1.82) is 0 Å². The smallest absolute Gasteiger partial charge is 0.333 e. The van der Waals surface area contributed by atoms with Gasteiger partial charge in [0.1, 0.15) is 6.04 Å². The second-order valence-electron chi connectivity index (χ2n) is 10.9. The van der Waals surface area contributed by atoms with E-state index in [1.165, 1.54) is 0 Å². The molecule has 3 atom stereocenters. The molecular weight excluding hydrogens is 430 g/mol. The predicted octanol–water partition coefficient (Wildman–Crippen LogP) is 4.16. The van der Waals surface area contributed by atoms with Crippen molar-refractivity contribution in [2.75, 3.05) is 20.2 Å². The minimum Gasteiger partial charge on any atom is -0.463 e. The van der Waals surface area contributed by atoms with Crippen molar-refractivity contribution in [3.63, 3.8) is 0 Å². The molecule has 0 spiro atoms. The standard InChI is InChI=1S/C27H49N3O4/c1-11-27(8,9)30-16-14-13-15-21(30)24(31)28-23(19(5)6)25(32)29(10)22(18(3)4)17-20(7)26(33)34-12-2/h17-19,21-23H,11-16H2,1-10H3,(H,28,31)/b20-17+. The van der Waals surface area contributed by atoms with Gasteiger partial charge < -0.3 is 15.0 Å². The van der Waals surface area contributed by atoms with E-state index in [-0.39, 0.29) is 47.2 Å². The molecule has 196 valence electrons. The third kappa shape index (κ3) is 7.82. The Hall–Kier alpha value is -1.89. The second-order valence-corrected chi connectivity index (χ2v) is 10.9. The van der Waals surface area contributed by atoms with Gasteiger partial charge in [-0.2, -0.15) is 0 Å². The molecule has 1 fully saturated rings. The lowest BCUT2D eigenvalue weighted by atomic mass is 9.90. The summed E-state index contributed by atoms with van der Waals surface area (Å²) in [6.45, 7) is 19.1. The van der Waals surface area contributed by atoms with Crippen LogP contribution < -0.4 is 5.32 Å². The van der Waals surface area contributed by atoms with E-state index in [9.17, 15) is 14.4 Å². The number of nitrogens with one attached hydrogen (secondary N) is 1. The molecule has 1 saturated heterocycles. The third-order valence-electron chi connectivity index (χ3n) is 7.17. The monoisotopic (exact) mass is 479 g/mol. The van der Waals surface area contributed by atoms with E-state index in [4.69, 9.17) is 4.74 Å². The Kier molecular flexibility index (Phi) is 11.8. The van der Waals surface area contributed by atoms with Gasteiger partial charge in [-0.15, -0.1) is 0 Å². The number of ether oxygens (including phenoxy) is 1. The first kappa shape index (κ1) is 30.1. The van der Waals surface area contributed by atoms with Crippen LogP contribution in [-0.2, 0) is 19.1 Å². The van der Waals surface area contributed by atoms with Gasteiger partial charge in [-0.1, -0.05) is 47.1 Å². The normalized spacial score (nSPS) is 19.6. The number of hydrogen-bond acceptors (Lipinski definition) is 5. The van der Waals surface area contributed by atoms with Gasteiger partial charge in [0.25, 0.3) is 0 Å². The Bertz CT molecular complexity index is 729. The molecule has 1 aliphatic heterocycles. The van der Waals surface area contributed by atoms with Gasteiger partial charge in [-0.3, -0.25) is 14.5 Å². The van der Waals surface area contributed by atoms with Crippen LogP contribution in [0.25, 0.3) is 0 Å². The Morgan fingerprint density at radius 3 is 2.24 bits per heavy atom. The van der Waals surface area contributed by atoms with Gasteiger partial charge in [0.05, 0.1) is 18.7 Å². The van der Waals surface area contributed by atoms with Crippen LogP contribution in [0.4, 0.5) is 0 Å². The van der Waals surface area contributed by atoms with Gasteiger partial charge in [0, 0.05) is 18.2 Å². The molecule has 0 aromatic rings. The minimum absolute atomic E-state index is 0.0685. The summed E-state index contributed by atoms with van der Waals surface area (Å²) in [6, 6.07) is -1.15. The molecule has 7 nitrogen and oxygen atoms in total. The molecule has 1 aliphatic rings. The van der Waals surface area contributed by atoms with E-state index in [0.29, 0.717) is 12.2 Å². The van der Waals surface area contributed by atoms with Crippen molar-refractivity contribution in [2.45, 2.75) is 112 Å². The van der Waals surface area contributed by atoms with Crippen LogP contribution in [-0.4, -0.2) is 71.4 Å². The number of hydrogen-bond donors (Lipinski definition) is 1. The first-order valence-electron chi connectivity index (χ1n) is 13.0. The Morgan fingerprint density at radius 1 is 1.12 bits per heavy atom. The fourth-order valence-corrected chi connectivity index (χ4v) is 4.58. The lowest BCUT2D eigenvalue weighted by molar-refractivity contribution is -0.141. The highest BCUT2D eigenvalue weighted by Crippen LogP contribution is 2.28. The first-order chi connectivity index (χ1) is 15.8. The third-order valence-corrected chi connectivity index (χ3v) is 7.17. The maximum absolute atomic E-state index is 13.6. The average Bonchev–Trinajstić information content (AvgIpc) is 2.79. The molecule has 7 heteroatoms. The molecule has 2 amide bonds. The maximum Gasteiger partial charge on any atom is 0.333 e. The lowest BCUT2D eigenvalue weighted by Crippen LogP contribution is -2.61. The van der Waals surface area contributed by atoms with Gasteiger partial charge in [-0.05, 0) is 65.3 Å². The topological polar surface area (TPSA) is 79.0 Å². The van der Waals surface area contributed by atoms with Crippen molar-refractivity contribution in [1.82, 2.24) is 15.1 Å². The number of likely N-dealkylation sites (tertiary alicyclic amines) is 1. The summed E-state index contributed by atoms with van der Waals surface area (Å²) in [5, 5.41) is 3.10. The number of rotatable bonds is 11. The number of carbonyl (C=O) groups is 3. The number of esters is 1. The Balaban J connectivity index is 3.11. The summed E-state index contributed by atoms with van der Waals surface area (Å²) in [6.07, 6.45) is 5.66. The molecule has 0 bridgehead atoms. The van der Waals surface area contributed by atoms with Crippen LogP contribution in [0.2, 0.25) is 0 Å². The number of likely N-dealkylation sites (N-methyl/N-ethyl adjacent to an activating group) is 1. The molecule has 1 N–H and O–H groups in total. The van der Waals surface area contributed by atoms with Gasteiger partial charge in [0.2, 0.25) is 11.8 Å². The van der Waals surface area contributed by atoms with Crippen molar-refractivity contribution < 1.29 is 19.1 Å². The van der Waals surface area contributed by atoms with Crippen molar-refractivity contribution in [2.24, 2.45) is 11.8 Å². The molecular formula is C27H49N3O4.